The third kappa shape index (κ3) is 4.53. The second kappa shape index (κ2) is 7.90. The zero-order valence-corrected chi connectivity index (χ0v) is 13.9. The SMILES string of the molecule is Cc1ccc(C#Cc2ccccc2)c(O/C=C(\[O-])c2ccccc2)c1. The van der Waals surface area contributed by atoms with Gasteiger partial charge in [-0.05, 0) is 42.3 Å². The van der Waals surface area contributed by atoms with Gasteiger partial charge in [0.15, 0.2) is 0 Å². The minimum absolute atomic E-state index is 0.177. The van der Waals surface area contributed by atoms with Crippen LogP contribution in [0.2, 0.25) is 0 Å². The van der Waals surface area contributed by atoms with Crippen molar-refractivity contribution in [1.29, 1.82) is 0 Å². The maximum absolute atomic E-state index is 12.2. The molecule has 2 heteroatoms. The van der Waals surface area contributed by atoms with Gasteiger partial charge in [0.1, 0.15) is 5.75 Å². The van der Waals surface area contributed by atoms with E-state index in [1.165, 1.54) is 6.26 Å². The van der Waals surface area contributed by atoms with Crippen LogP contribution < -0.4 is 9.84 Å². The first kappa shape index (κ1) is 16.4. The Bertz CT molecular complexity index is 930. The number of ether oxygens (including phenoxy) is 1. The van der Waals surface area contributed by atoms with E-state index in [4.69, 9.17) is 4.74 Å². The van der Waals surface area contributed by atoms with Gasteiger partial charge in [-0.25, -0.2) is 0 Å². The third-order valence-corrected chi connectivity index (χ3v) is 3.60. The highest BCUT2D eigenvalue weighted by Gasteiger charge is 2.01. The van der Waals surface area contributed by atoms with Gasteiger partial charge in [0, 0.05) is 5.56 Å². The van der Waals surface area contributed by atoms with Crippen molar-refractivity contribution in [2.24, 2.45) is 0 Å². The van der Waals surface area contributed by atoms with Gasteiger partial charge in [-0.2, -0.15) is 0 Å². The number of hydrogen-bond donors (Lipinski definition) is 0. The van der Waals surface area contributed by atoms with Crippen molar-refractivity contribution in [1.82, 2.24) is 0 Å². The van der Waals surface area contributed by atoms with Crippen LogP contribution in [0.1, 0.15) is 22.3 Å². The molecule has 3 aromatic carbocycles. The van der Waals surface area contributed by atoms with Gasteiger partial charge in [0.05, 0.1) is 11.8 Å². The fourth-order valence-electron chi connectivity index (χ4n) is 2.28. The first-order chi connectivity index (χ1) is 12.2. The lowest BCUT2D eigenvalue weighted by Crippen LogP contribution is -2.04. The molecule has 0 atom stereocenters. The Kier molecular flexibility index (Phi) is 5.19. The third-order valence-electron chi connectivity index (χ3n) is 3.60. The number of rotatable bonds is 3. The van der Waals surface area contributed by atoms with Crippen LogP contribution >= 0.6 is 0 Å². The molecule has 2 nitrogen and oxygen atoms in total. The molecular weight excluding hydrogens is 308 g/mol. The molecule has 3 aromatic rings. The van der Waals surface area contributed by atoms with Crippen LogP contribution in [-0.4, -0.2) is 0 Å². The molecule has 0 amide bonds. The summed E-state index contributed by atoms with van der Waals surface area (Å²) in [6.07, 6.45) is 1.23. The molecule has 0 aliphatic carbocycles. The van der Waals surface area contributed by atoms with Gasteiger partial charge in [-0.1, -0.05) is 72.2 Å². The standard InChI is InChI=1S/C23H18O2/c1-18-12-14-21(15-13-19-8-4-2-5-9-19)23(16-18)25-17-22(24)20-10-6-3-7-11-20/h2-12,14,16-17,24H,1H3/p-1/b22-17-. The number of hydrogen-bond acceptors (Lipinski definition) is 2. The Morgan fingerprint density at radius 3 is 2.28 bits per heavy atom. The van der Waals surface area contributed by atoms with E-state index >= 15 is 0 Å². The Morgan fingerprint density at radius 1 is 0.880 bits per heavy atom. The van der Waals surface area contributed by atoms with Crippen LogP contribution in [-0.2, 0) is 0 Å². The molecular formula is C23H17O2-. The minimum Gasteiger partial charge on any atom is -0.870 e. The molecule has 122 valence electrons. The molecule has 0 saturated carbocycles. The summed E-state index contributed by atoms with van der Waals surface area (Å²) in [7, 11) is 0. The normalized spacial score (nSPS) is 10.7. The van der Waals surface area contributed by atoms with Crippen LogP contribution in [0.25, 0.3) is 5.76 Å². The Labute approximate surface area is 148 Å². The molecule has 3 rings (SSSR count). The number of benzene rings is 3. The topological polar surface area (TPSA) is 32.3 Å². The molecule has 0 spiro atoms. The summed E-state index contributed by atoms with van der Waals surface area (Å²) >= 11 is 0. The van der Waals surface area contributed by atoms with Gasteiger partial charge < -0.3 is 9.84 Å². The summed E-state index contributed by atoms with van der Waals surface area (Å²) in [5.41, 5.74) is 3.30. The smallest absolute Gasteiger partial charge is 0.142 e. The molecule has 0 heterocycles. The van der Waals surface area contributed by atoms with Crippen molar-refractivity contribution in [3.8, 4) is 17.6 Å². The maximum atomic E-state index is 12.2. The van der Waals surface area contributed by atoms with E-state index in [9.17, 15) is 5.11 Å². The van der Waals surface area contributed by atoms with Crippen molar-refractivity contribution in [3.63, 3.8) is 0 Å². The molecule has 25 heavy (non-hydrogen) atoms. The number of aryl methyl sites for hydroxylation is 1. The van der Waals surface area contributed by atoms with E-state index < -0.39 is 0 Å². The van der Waals surface area contributed by atoms with Crippen molar-refractivity contribution < 1.29 is 9.84 Å². The van der Waals surface area contributed by atoms with Crippen LogP contribution in [0.3, 0.4) is 0 Å². The zero-order chi connectivity index (χ0) is 17.5. The van der Waals surface area contributed by atoms with E-state index in [0.717, 1.165) is 16.7 Å². The van der Waals surface area contributed by atoms with Gasteiger partial charge >= 0.3 is 0 Å². The van der Waals surface area contributed by atoms with Crippen molar-refractivity contribution in [2.75, 3.05) is 0 Å². The van der Waals surface area contributed by atoms with Crippen molar-refractivity contribution in [2.45, 2.75) is 6.92 Å². The molecule has 0 aliphatic rings. The molecule has 0 bridgehead atoms. The summed E-state index contributed by atoms with van der Waals surface area (Å²) in [5, 5.41) is 12.2. The molecule has 0 N–H and O–H groups in total. The molecule has 0 aliphatic heterocycles. The second-order valence-electron chi connectivity index (χ2n) is 5.58. The fraction of sp³-hybridized carbons (Fsp3) is 0.0435. The van der Waals surface area contributed by atoms with Crippen LogP contribution in [0.5, 0.6) is 5.75 Å². The lowest BCUT2D eigenvalue weighted by molar-refractivity contribution is -0.245. The van der Waals surface area contributed by atoms with E-state index in [2.05, 4.69) is 11.8 Å². The second-order valence-corrected chi connectivity index (χ2v) is 5.58. The van der Waals surface area contributed by atoms with Crippen LogP contribution in [0.4, 0.5) is 0 Å². The van der Waals surface area contributed by atoms with Crippen molar-refractivity contribution in [3.05, 3.63) is 107 Å². The van der Waals surface area contributed by atoms with Crippen molar-refractivity contribution >= 4 is 5.76 Å². The average molecular weight is 325 g/mol. The quantitative estimate of drug-likeness (QED) is 0.536. The summed E-state index contributed by atoms with van der Waals surface area (Å²) < 4.78 is 5.65. The van der Waals surface area contributed by atoms with E-state index in [1.54, 1.807) is 12.1 Å². The van der Waals surface area contributed by atoms with Gasteiger partial charge in [0.25, 0.3) is 0 Å². The molecule has 0 radical (unpaired) electrons. The highest BCUT2D eigenvalue weighted by Crippen LogP contribution is 2.21. The lowest BCUT2D eigenvalue weighted by atomic mass is 10.1. The first-order valence-electron chi connectivity index (χ1n) is 7.99. The summed E-state index contributed by atoms with van der Waals surface area (Å²) in [4.78, 5) is 0. The predicted molar refractivity (Wildman–Crippen MR) is 98.6 cm³/mol. The highest BCUT2D eigenvalue weighted by atomic mass is 16.5. The van der Waals surface area contributed by atoms with Gasteiger partial charge in [-0.15, -0.1) is 0 Å². The molecule has 0 fully saturated rings. The zero-order valence-electron chi connectivity index (χ0n) is 13.9. The molecule has 0 aromatic heterocycles. The maximum Gasteiger partial charge on any atom is 0.142 e. The van der Waals surface area contributed by atoms with Gasteiger partial charge in [-0.3, -0.25) is 0 Å². The molecule has 0 unspecified atom stereocenters. The van der Waals surface area contributed by atoms with E-state index in [1.807, 2.05) is 73.7 Å². The highest BCUT2D eigenvalue weighted by molar-refractivity contribution is 5.57. The first-order valence-corrected chi connectivity index (χ1v) is 7.99. The summed E-state index contributed by atoms with van der Waals surface area (Å²) in [6.45, 7) is 1.97. The van der Waals surface area contributed by atoms with Crippen LogP contribution in [0, 0.1) is 18.8 Å². The Hall–Kier alpha value is -3.44. The van der Waals surface area contributed by atoms with Gasteiger partial charge in [0.2, 0.25) is 0 Å². The fourth-order valence-corrected chi connectivity index (χ4v) is 2.28. The minimum atomic E-state index is -0.177. The summed E-state index contributed by atoms with van der Waals surface area (Å²) in [6, 6.07) is 24.5. The largest absolute Gasteiger partial charge is 0.870 e. The Morgan fingerprint density at radius 2 is 1.56 bits per heavy atom. The van der Waals surface area contributed by atoms with E-state index in [0.29, 0.717) is 11.3 Å². The lowest BCUT2D eigenvalue weighted by Gasteiger charge is -2.13. The monoisotopic (exact) mass is 325 g/mol. The Balaban J connectivity index is 1.86. The van der Waals surface area contributed by atoms with Crippen LogP contribution in [0.15, 0.2) is 85.1 Å². The summed E-state index contributed by atoms with van der Waals surface area (Å²) in [5.74, 6) is 6.63. The predicted octanol–water partition coefficient (Wildman–Crippen LogP) is 4.13. The van der Waals surface area contributed by atoms with E-state index in [-0.39, 0.29) is 5.76 Å². The molecule has 0 saturated heterocycles. The average Bonchev–Trinajstić information content (AvgIpc) is 2.67.